The van der Waals surface area contributed by atoms with Crippen molar-refractivity contribution in [1.82, 2.24) is 0 Å². The maximum Gasteiger partial charge on any atom is 0.0190 e. The largest absolute Gasteiger partial charge is 0.121 e. The molecule has 1 rings (SSSR count). The van der Waals surface area contributed by atoms with Crippen molar-refractivity contribution in [2.45, 2.75) is 39.0 Å². The van der Waals surface area contributed by atoms with Crippen LogP contribution in [0.1, 0.15) is 31.4 Å². The van der Waals surface area contributed by atoms with Crippen molar-refractivity contribution in [3.05, 3.63) is 41.0 Å². The molecule has 82 valence electrons. The Morgan fingerprint density at radius 2 is 2.07 bits per heavy atom. The normalized spacial score (nSPS) is 11.9. The molecule has 0 unspecified atom stereocenters. The summed E-state index contributed by atoms with van der Waals surface area (Å²) in [5.41, 5.74) is 4.26. The highest BCUT2D eigenvalue weighted by atomic mass is 32.2. The average molecular weight is 220 g/mol. The van der Waals surface area contributed by atoms with Crippen LogP contribution in [0.5, 0.6) is 0 Å². The van der Waals surface area contributed by atoms with E-state index in [9.17, 15) is 0 Å². The number of thioether (sulfide) groups is 1. The molecule has 0 aliphatic heterocycles. The van der Waals surface area contributed by atoms with E-state index < -0.39 is 0 Å². The van der Waals surface area contributed by atoms with Gasteiger partial charge in [0.05, 0.1) is 0 Å². The number of hydrogen-bond donors (Lipinski definition) is 0. The topological polar surface area (TPSA) is 0 Å². The van der Waals surface area contributed by atoms with Crippen molar-refractivity contribution < 1.29 is 0 Å². The molecule has 0 aliphatic rings. The molecule has 0 N–H and O–H groups in total. The van der Waals surface area contributed by atoms with Crippen molar-refractivity contribution in [2.75, 3.05) is 5.75 Å². The van der Waals surface area contributed by atoms with E-state index >= 15 is 0 Å². The van der Waals surface area contributed by atoms with Gasteiger partial charge in [0.2, 0.25) is 0 Å². The second kappa shape index (κ2) is 6.02. The summed E-state index contributed by atoms with van der Waals surface area (Å²) in [6.45, 7) is 8.68. The third-order valence-electron chi connectivity index (χ3n) is 2.62. The molecule has 0 radical (unpaired) electrons. The van der Waals surface area contributed by atoms with Crippen molar-refractivity contribution in [2.24, 2.45) is 0 Å². The zero-order chi connectivity index (χ0) is 11.3. The first-order chi connectivity index (χ1) is 7.17. The van der Waals surface area contributed by atoms with E-state index in [1.807, 2.05) is 11.8 Å². The second-order valence-corrected chi connectivity index (χ2v) is 4.88. The van der Waals surface area contributed by atoms with Gasteiger partial charge in [0.1, 0.15) is 0 Å². The Morgan fingerprint density at radius 1 is 1.33 bits per heavy atom. The molecule has 0 heterocycles. The lowest BCUT2D eigenvalue weighted by molar-refractivity contribution is 1.10. The van der Waals surface area contributed by atoms with Gasteiger partial charge in [-0.05, 0) is 38.8 Å². The molecular formula is C14H20S. The molecule has 0 aliphatic carbocycles. The quantitative estimate of drug-likeness (QED) is 0.521. The Labute approximate surface area is 97.8 Å². The number of hydrogen-bond acceptors (Lipinski definition) is 1. The Balaban J connectivity index is 2.68. The standard InChI is InChI=1S/C14H20S/c1-5-13(6-2)10-15-14-9-11(3)7-8-12(14)4/h5,7-9H,6,10H2,1-4H3/b13-5-. The smallest absolute Gasteiger partial charge is 0.0190 e. The van der Waals surface area contributed by atoms with Crippen LogP contribution in [0.3, 0.4) is 0 Å². The summed E-state index contributed by atoms with van der Waals surface area (Å²) >= 11 is 1.95. The maximum atomic E-state index is 2.28. The molecule has 1 aromatic rings. The highest BCUT2D eigenvalue weighted by molar-refractivity contribution is 7.99. The van der Waals surface area contributed by atoms with Crippen molar-refractivity contribution >= 4 is 11.8 Å². The van der Waals surface area contributed by atoms with E-state index in [1.165, 1.54) is 21.6 Å². The highest BCUT2D eigenvalue weighted by Crippen LogP contribution is 2.25. The third-order valence-corrected chi connectivity index (χ3v) is 3.89. The lowest BCUT2D eigenvalue weighted by Gasteiger charge is -2.08. The first kappa shape index (κ1) is 12.4. The molecule has 0 spiro atoms. The zero-order valence-electron chi connectivity index (χ0n) is 10.1. The van der Waals surface area contributed by atoms with Crippen molar-refractivity contribution in [1.29, 1.82) is 0 Å². The predicted molar refractivity (Wildman–Crippen MR) is 70.7 cm³/mol. The lowest BCUT2D eigenvalue weighted by atomic mass is 10.2. The molecular weight excluding hydrogens is 200 g/mol. The summed E-state index contributed by atoms with van der Waals surface area (Å²) < 4.78 is 0. The summed E-state index contributed by atoms with van der Waals surface area (Å²) in [5.74, 6) is 1.12. The Bertz CT molecular complexity index is 350. The summed E-state index contributed by atoms with van der Waals surface area (Å²) in [6.07, 6.45) is 3.40. The van der Waals surface area contributed by atoms with E-state index in [0.29, 0.717) is 0 Å². The van der Waals surface area contributed by atoms with E-state index in [4.69, 9.17) is 0 Å². The molecule has 0 nitrogen and oxygen atoms in total. The Kier molecular flexibility index (Phi) is 4.97. The van der Waals surface area contributed by atoms with Gasteiger partial charge in [-0.3, -0.25) is 0 Å². The first-order valence-electron chi connectivity index (χ1n) is 5.51. The monoisotopic (exact) mass is 220 g/mol. The molecule has 1 aromatic carbocycles. The van der Waals surface area contributed by atoms with Crippen molar-refractivity contribution in [3.63, 3.8) is 0 Å². The number of benzene rings is 1. The number of allylic oxidation sites excluding steroid dienone is 1. The second-order valence-electron chi connectivity index (χ2n) is 3.86. The highest BCUT2D eigenvalue weighted by Gasteiger charge is 2.00. The van der Waals surface area contributed by atoms with Gasteiger partial charge in [-0.25, -0.2) is 0 Å². The van der Waals surface area contributed by atoms with Gasteiger partial charge >= 0.3 is 0 Å². The maximum absolute atomic E-state index is 2.28. The summed E-state index contributed by atoms with van der Waals surface area (Å²) in [6, 6.07) is 6.66. The van der Waals surface area contributed by atoms with Gasteiger partial charge < -0.3 is 0 Å². The third kappa shape index (κ3) is 3.75. The Hall–Kier alpha value is -0.690. The molecule has 0 aromatic heterocycles. The minimum absolute atomic E-state index is 1.12. The molecule has 15 heavy (non-hydrogen) atoms. The number of aryl methyl sites for hydroxylation is 2. The molecule has 0 saturated heterocycles. The van der Waals surface area contributed by atoms with Crippen LogP contribution in [0.15, 0.2) is 34.7 Å². The van der Waals surface area contributed by atoms with Gasteiger partial charge in [0, 0.05) is 10.6 Å². The van der Waals surface area contributed by atoms with E-state index in [0.717, 1.165) is 12.2 Å². The Morgan fingerprint density at radius 3 is 2.67 bits per heavy atom. The fourth-order valence-electron chi connectivity index (χ4n) is 1.42. The van der Waals surface area contributed by atoms with Gasteiger partial charge in [0.25, 0.3) is 0 Å². The van der Waals surface area contributed by atoms with Gasteiger partial charge in [-0.2, -0.15) is 0 Å². The van der Waals surface area contributed by atoms with E-state index in [1.54, 1.807) is 0 Å². The molecule has 0 atom stereocenters. The number of rotatable bonds is 4. The van der Waals surface area contributed by atoms with Gasteiger partial charge in [-0.15, -0.1) is 11.8 Å². The van der Waals surface area contributed by atoms with Crippen LogP contribution < -0.4 is 0 Å². The summed E-state index contributed by atoms with van der Waals surface area (Å²) in [5, 5.41) is 0. The minimum atomic E-state index is 1.12. The van der Waals surface area contributed by atoms with Crippen LogP contribution in [0.25, 0.3) is 0 Å². The molecule has 1 heteroatoms. The van der Waals surface area contributed by atoms with Crippen LogP contribution in [-0.2, 0) is 0 Å². The van der Waals surface area contributed by atoms with E-state index in [-0.39, 0.29) is 0 Å². The average Bonchev–Trinajstić information content (AvgIpc) is 2.24. The van der Waals surface area contributed by atoms with Crippen LogP contribution in [-0.4, -0.2) is 5.75 Å². The van der Waals surface area contributed by atoms with Crippen LogP contribution >= 0.6 is 11.8 Å². The summed E-state index contributed by atoms with van der Waals surface area (Å²) in [7, 11) is 0. The predicted octanol–water partition coefficient (Wildman–Crippen LogP) is 4.75. The van der Waals surface area contributed by atoms with Crippen LogP contribution in [0, 0.1) is 13.8 Å². The van der Waals surface area contributed by atoms with Gasteiger partial charge in [0.15, 0.2) is 0 Å². The molecule has 0 bridgehead atoms. The minimum Gasteiger partial charge on any atom is -0.121 e. The first-order valence-corrected chi connectivity index (χ1v) is 6.50. The fraction of sp³-hybridized carbons (Fsp3) is 0.429. The van der Waals surface area contributed by atoms with Crippen LogP contribution in [0.4, 0.5) is 0 Å². The zero-order valence-corrected chi connectivity index (χ0v) is 10.9. The molecule has 0 fully saturated rings. The fourth-order valence-corrected chi connectivity index (χ4v) is 2.70. The molecule has 0 saturated carbocycles. The van der Waals surface area contributed by atoms with Crippen LogP contribution in [0.2, 0.25) is 0 Å². The van der Waals surface area contributed by atoms with Gasteiger partial charge in [-0.1, -0.05) is 36.3 Å². The SMILES string of the molecule is C/C=C(/CC)CSc1cc(C)ccc1C. The summed E-state index contributed by atoms with van der Waals surface area (Å²) in [4.78, 5) is 1.42. The van der Waals surface area contributed by atoms with Crippen molar-refractivity contribution in [3.8, 4) is 0 Å². The van der Waals surface area contributed by atoms with E-state index in [2.05, 4.69) is 52.0 Å². The molecule has 0 amide bonds. The lowest BCUT2D eigenvalue weighted by Crippen LogP contribution is -1.87.